The molecular formula is C15H15N. The number of nitrogens with zero attached hydrogens (tertiary/aromatic N) is 1. The molecule has 0 saturated carbocycles. The van der Waals surface area contributed by atoms with Crippen molar-refractivity contribution in [3.63, 3.8) is 0 Å². The lowest BCUT2D eigenvalue weighted by molar-refractivity contribution is 0.780. The van der Waals surface area contributed by atoms with Gasteiger partial charge in [-0.25, -0.2) is 0 Å². The van der Waals surface area contributed by atoms with Gasteiger partial charge in [-0.05, 0) is 48.1 Å². The van der Waals surface area contributed by atoms with E-state index in [1.807, 2.05) is 12.4 Å². The maximum atomic E-state index is 4.17. The van der Waals surface area contributed by atoms with Crippen molar-refractivity contribution in [2.75, 3.05) is 0 Å². The quantitative estimate of drug-likeness (QED) is 0.700. The summed E-state index contributed by atoms with van der Waals surface area (Å²) < 4.78 is 0. The Bertz CT molecular complexity index is 516. The lowest BCUT2D eigenvalue weighted by atomic mass is 9.91. The maximum absolute atomic E-state index is 4.17. The Kier molecular flexibility index (Phi) is 2.24. The van der Waals surface area contributed by atoms with E-state index in [1.54, 1.807) is 0 Å². The lowest BCUT2D eigenvalue weighted by Crippen LogP contribution is -1.99. The fourth-order valence-corrected chi connectivity index (χ4v) is 2.76. The number of rotatable bonds is 1. The first-order valence-electron chi connectivity index (χ1n) is 5.84. The number of aromatic nitrogens is 1. The molecule has 0 aliphatic heterocycles. The SMILES string of the molecule is Cc1cnccc1C1CCc2ccccc21. The van der Waals surface area contributed by atoms with Crippen LogP contribution in [0.2, 0.25) is 0 Å². The van der Waals surface area contributed by atoms with Crippen LogP contribution in [0.1, 0.15) is 34.6 Å². The van der Waals surface area contributed by atoms with E-state index in [1.165, 1.54) is 35.1 Å². The molecule has 1 nitrogen and oxygen atoms in total. The molecule has 3 rings (SSSR count). The number of hydrogen-bond donors (Lipinski definition) is 0. The van der Waals surface area contributed by atoms with Gasteiger partial charge in [-0.1, -0.05) is 24.3 Å². The van der Waals surface area contributed by atoms with Gasteiger partial charge in [0.25, 0.3) is 0 Å². The molecule has 0 saturated heterocycles. The van der Waals surface area contributed by atoms with Crippen LogP contribution < -0.4 is 0 Å². The van der Waals surface area contributed by atoms with Crippen LogP contribution >= 0.6 is 0 Å². The Labute approximate surface area is 96.2 Å². The molecule has 0 bridgehead atoms. The van der Waals surface area contributed by atoms with E-state index in [0.717, 1.165) is 0 Å². The summed E-state index contributed by atoms with van der Waals surface area (Å²) in [7, 11) is 0. The van der Waals surface area contributed by atoms with Crippen LogP contribution in [0.25, 0.3) is 0 Å². The van der Waals surface area contributed by atoms with Crippen LogP contribution in [-0.4, -0.2) is 4.98 Å². The van der Waals surface area contributed by atoms with Gasteiger partial charge in [0, 0.05) is 18.3 Å². The average Bonchev–Trinajstić information content (AvgIpc) is 2.74. The van der Waals surface area contributed by atoms with E-state index >= 15 is 0 Å². The molecule has 0 radical (unpaired) electrons. The van der Waals surface area contributed by atoms with Gasteiger partial charge in [-0.2, -0.15) is 0 Å². The fourth-order valence-electron chi connectivity index (χ4n) is 2.76. The predicted molar refractivity (Wildman–Crippen MR) is 65.6 cm³/mol. The smallest absolute Gasteiger partial charge is 0.0300 e. The Morgan fingerprint density at radius 1 is 1.12 bits per heavy atom. The third kappa shape index (κ3) is 1.44. The molecule has 0 fully saturated rings. The van der Waals surface area contributed by atoms with Gasteiger partial charge in [0.2, 0.25) is 0 Å². The molecule has 0 spiro atoms. The molecule has 2 aromatic rings. The monoisotopic (exact) mass is 209 g/mol. The molecule has 1 aromatic heterocycles. The summed E-state index contributed by atoms with van der Waals surface area (Å²) in [6, 6.07) is 11.0. The van der Waals surface area contributed by atoms with Crippen LogP contribution in [0.3, 0.4) is 0 Å². The zero-order chi connectivity index (χ0) is 11.0. The lowest BCUT2D eigenvalue weighted by Gasteiger charge is -2.14. The third-order valence-electron chi connectivity index (χ3n) is 3.57. The molecular weight excluding hydrogens is 194 g/mol. The minimum absolute atomic E-state index is 0.583. The van der Waals surface area contributed by atoms with Gasteiger partial charge < -0.3 is 0 Å². The Morgan fingerprint density at radius 2 is 2.00 bits per heavy atom. The summed E-state index contributed by atoms with van der Waals surface area (Å²) in [5.74, 6) is 0.583. The molecule has 1 aliphatic rings. The molecule has 0 amide bonds. The van der Waals surface area contributed by atoms with Gasteiger partial charge >= 0.3 is 0 Å². The van der Waals surface area contributed by atoms with Gasteiger partial charge in [-0.15, -0.1) is 0 Å². The van der Waals surface area contributed by atoms with Crippen LogP contribution in [-0.2, 0) is 6.42 Å². The van der Waals surface area contributed by atoms with Crippen molar-refractivity contribution in [1.82, 2.24) is 4.98 Å². The van der Waals surface area contributed by atoms with Crippen molar-refractivity contribution in [3.05, 3.63) is 65.0 Å². The van der Waals surface area contributed by atoms with Gasteiger partial charge in [-0.3, -0.25) is 4.98 Å². The summed E-state index contributed by atoms with van der Waals surface area (Å²) in [5, 5.41) is 0. The number of pyridine rings is 1. The van der Waals surface area contributed by atoms with Crippen molar-refractivity contribution in [2.24, 2.45) is 0 Å². The first kappa shape index (κ1) is 9.59. The number of aryl methyl sites for hydroxylation is 2. The molecule has 1 unspecified atom stereocenters. The highest BCUT2D eigenvalue weighted by Gasteiger charge is 2.24. The molecule has 1 atom stereocenters. The van der Waals surface area contributed by atoms with Gasteiger partial charge in [0.15, 0.2) is 0 Å². The van der Waals surface area contributed by atoms with E-state index in [2.05, 4.69) is 42.2 Å². The van der Waals surface area contributed by atoms with Crippen molar-refractivity contribution in [1.29, 1.82) is 0 Å². The highest BCUT2D eigenvalue weighted by Crippen LogP contribution is 2.38. The molecule has 16 heavy (non-hydrogen) atoms. The highest BCUT2D eigenvalue weighted by atomic mass is 14.6. The summed E-state index contributed by atoms with van der Waals surface area (Å²) in [6.45, 7) is 2.16. The second-order valence-corrected chi connectivity index (χ2v) is 4.52. The Hall–Kier alpha value is -1.63. The second kappa shape index (κ2) is 3.75. The normalized spacial score (nSPS) is 18.4. The second-order valence-electron chi connectivity index (χ2n) is 4.52. The third-order valence-corrected chi connectivity index (χ3v) is 3.57. The summed E-state index contributed by atoms with van der Waals surface area (Å²) in [6.07, 6.45) is 6.33. The van der Waals surface area contributed by atoms with Crippen LogP contribution in [0.5, 0.6) is 0 Å². The Morgan fingerprint density at radius 3 is 2.88 bits per heavy atom. The van der Waals surface area contributed by atoms with Crippen molar-refractivity contribution >= 4 is 0 Å². The van der Waals surface area contributed by atoms with Gasteiger partial charge in [0.1, 0.15) is 0 Å². The van der Waals surface area contributed by atoms with Crippen LogP contribution in [0.4, 0.5) is 0 Å². The molecule has 1 heteroatoms. The number of benzene rings is 1. The maximum Gasteiger partial charge on any atom is 0.0300 e. The fraction of sp³-hybridized carbons (Fsp3) is 0.267. The van der Waals surface area contributed by atoms with E-state index in [9.17, 15) is 0 Å². The molecule has 80 valence electrons. The zero-order valence-electron chi connectivity index (χ0n) is 9.48. The summed E-state index contributed by atoms with van der Waals surface area (Å²) in [4.78, 5) is 4.17. The average molecular weight is 209 g/mol. The van der Waals surface area contributed by atoms with E-state index in [0.29, 0.717) is 5.92 Å². The minimum atomic E-state index is 0.583. The van der Waals surface area contributed by atoms with Crippen molar-refractivity contribution in [2.45, 2.75) is 25.7 Å². The van der Waals surface area contributed by atoms with E-state index in [4.69, 9.17) is 0 Å². The molecule has 1 heterocycles. The standard InChI is InChI=1S/C15H15N/c1-11-10-16-9-8-13(11)15-7-6-12-4-2-3-5-14(12)15/h2-5,8-10,15H,6-7H2,1H3. The predicted octanol–water partition coefficient (Wildman–Crippen LogP) is 3.47. The number of hydrogen-bond acceptors (Lipinski definition) is 1. The highest BCUT2D eigenvalue weighted by molar-refractivity contribution is 5.43. The van der Waals surface area contributed by atoms with Gasteiger partial charge in [0.05, 0.1) is 0 Å². The largest absolute Gasteiger partial charge is 0.264 e. The number of fused-ring (bicyclic) bond motifs is 1. The summed E-state index contributed by atoms with van der Waals surface area (Å²) in [5.41, 5.74) is 5.78. The first-order chi connectivity index (χ1) is 7.86. The molecule has 0 N–H and O–H groups in total. The van der Waals surface area contributed by atoms with E-state index in [-0.39, 0.29) is 0 Å². The summed E-state index contributed by atoms with van der Waals surface area (Å²) >= 11 is 0. The van der Waals surface area contributed by atoms with Crippen molar-refractivity contribution < 1.29 is 0 Å². The topological polar surface area (TPSA) is 12.9 Å². The first-order valence-corrected chi connectivity index (χ1v) is 5.84. The van der Waals surface area contributed by atoms with Crippen molar-refractivity contribution in [3.8, 4) is 0 Å². The zero-order valence-corrected chi connectivity index (χ0v) is 9.48. The molecule has 1 aromatic carbocycles. The Balaban J connectivity index is 2.08. The van der Waals surface area contributed by atoms with E-state index < -0.39 is 0 Å². The van der Waals surface area contributed by atoms with Crippen LogP contribution in [0.15, 0.2) is 42.7 Å². The minimum Gasteiger partial charge on any atom is -0.264 e. The molecule has 1 aliphatic carbocycles. The van der Waals surface area contributed by atoms with Crippen LogP contribution in [0, 0.1) is 6.92 Å².